The minimum Gasteiger partial charge on any atom is -0.355 e. The van der Waals surface area contributed by atoms with Crippen LogP contribution in [0.2, 0.25) is 0 Å². The lowest BCUT2D eigenvalue weighted by molar-refractivity contribution is -0.137. The summed E-state index contributed by atoms with van der Waals surface area (Å²) in [5.74, 6) is -0.0730. The third kappa shape index (κ3) is 6.41. The van der Waals surface area contributed by atoms with Crippen LogP contribution in [-0.4, -0.2) is 53.9 Å². The Labute approximate surface area is 207 Å². The van der Waals surface area contributed by atoms with Gasteiger partial charge in [0.1, 0.15) is 11.9 Å². The predicted octanol–water partition coefficient (Wildman–Crippen LogP) is 4.18. The van der Waals surface area contributed by atoms with Gasteiger partial charge >= 0.3 is 6.18 Å². The van der Waals surface area contributed by atoms with Gasteiger partial charge in [0.05, 0.1) is 5.56 Å². The predicted molar refractivity (Wildman–Crippen MR) is 130 cm³/mol. The Hall–Kier alpha value is -3.88. The van der Waals surface area contributed by atoms with Crippen molar-refractivity contribution in [2.45, 2.75) is 25.1 Å². The fourth-order valence-corrected chi connectivity index (χ4v) is 4.21. The molecule has 1 atom stereocenters. The lowest BCUT2D eigenvalue weighted by Crippen LogP contribution is -2.50. The number of hydrogen-bond donors (Lipinski definition) is 1. The van der Waals surface area contributed by atoms with Gasteiger partial charge in [0, 0.05) is 44.4 Å². The average Bonchev–Trinajstić information content (AvgIpc) is 3.15. The molecule has 1 fully saturated rings. The molecule has 1 saturated heterocycles. The number of halogens is 3. The monoisotopic (exact) mass is 496 g/mol. The first-order valence-electron chi connectivity index (χ1n) is 11.8. The number of rotatable bonds is 6. The molecule has 1 unspecified atom stereocenters. The van der Waals surface area contributed by atoms with Crippen LogP contribution < -0.4 is 10.2 Å². The van der Waals surface area contributed by atoms with Crippen molar-refractivity contribution >= 4 is 17.6 Å². The van der Waals surface area contributed by atoms with E-state index in [2.05, 4.69) is 10.3 Å². The zero-order chi connectivity index (χ0) is 25.5. The summed E-state index contributed by atoms with van der Waals surface area (Å²) in [6.45, 7) is 1.83. The summed E-state index contributed by atoms with van der Waals surface area (Å²) < 4.78 is 38.6. The summed E-state index contributed by atoms with van der Waals surface area (Å²) in [7, 11) is 0. The molecule has 0 aliphatic carbocycles. The number of hydrogen-bond acceptors (Lipinski definition) is 4. The van der Waals surface area contributed by atoms with Gasteiger partial charge in [0.15, 0.2) is 0 Å². The van der Waals surface area contributed by atoms with E-state index in [1.165, 1.54) is 6.07 Å². The number of nitrogens with one attached hydrogen (secondary N) is 1. The molecule has 1 aliphatic heterocycles. The van der Waals surface area contributed by atoms with Crippen molar-refractivity contribution in [1.82, 2.24) is 15.2 Å². The first-order chi connectivity index (χ1) is 17.3. The van der Waals surface area contributed by atoms with Gasteiger partial charge in [-0.05, 0) is 36.2 Å². The van der Waals surface area contributed by atoms with Crippen LogP contribution in [0, 0.1) is 0 Å². The molecule has 4 rings (SSSR count). The Balaban J connectivity index is 1.46. The molecule has 0 spiro atoms. The van der Waals surface area contributed by atoms with Gasteiger partial charge in [0.2, 0.25) is 5.91 Å². The molecule has 2 aromatic carbocycles. The fourth-order valence-electron chi connectivity index (χ4n) is 4.21. The summed E-state index contributed by atoms with van der Waals surface area (Å²) in [6, 6.07) is 19.8. The number of amides is 2. The highest BCUT2D eigenvalue weighted by atomic mass is 19.4. The molecule has 1 aromatic heterocycles. The Morgan fingerprint density at radius 2 is 1.58 bits per heavy atom. The number of alkyl halides is 3. The van der Waals surface area contributed by atoms with Crippen molar-refractivity contribution in [1.29, 1.82) is 0 Å². The van der Waals surface area contributed by atoms with E-state index in [4.69, 9.17) is 0 Å². The van der Waals surface area contributed by atoms with E-state index in [0.29, 0.717) is 50.4 Å². The Morgan fingerprint density at radius 3 is 2.22 bits per heavy atom. The van der Waals surface area contributed by atoms with Crippen molar-refractivity contribution in [2.24, 2.45) is 0 Å². The van der Waals surface area contributed by atoms with E-state index >= 15 is 0 Å². The molecular weight excluding hydrogens is 469 g/mol. The maximum atomic E-state index is 13.6. The molecule has 0 saturated carbocycles. The van der Waals surface area contributed by atoms with Crippen LogP contribution in [0.3, 0.4) is 0 Å². The van der Waals surface area contributed by atoms with Crippen molar-refractivity contribution in [2.75, 3.05) is 31.1 Å². The van der Waals surface area contributed by atoms with E-state index in [1.807, 2.05) is 41.3 Å². The SMILES string of the molecule is O=C(NC(Cc1ccccc1)C(=O)N1CCCN(c2ccc(C(F)(F)F)cn2)CC1)c1ccccc1. The quantitative estimate of drug-likeness (QED) is 0.556. The standard InChI is InChI=1S/C27H27F3N4O2/c28-27(29,30)22-12-13-24(31-19-22)33-14-7-15-34(17-16-33)26(36)23(18-20-8-3-1-4-9-20)32-25(35)21-10-5-2-6-11-21/h1-6,8-13,19,23H,7,14-18H2,(H,32,35). The molecule has 6 nitrogen and oxygen atoms in total. The molecule has 1 N–H and O–H groups in total. The van der Waals surface area contributed by atoms with Crippen molar-refractivity contribution in [3.8, 4) is 0 Å². The molecule has 36 heavy (non-hydrogen) atoms. The number of benzene rings is 2. The maximum absolute atomic E-state index is 13.6. The van der Waals surface area contributed by atoms with Gasteiger partial charge in [-0.15, -0.1) is 0 Å². The largest absolute Gasteiger partial charge is 0.417 e. The molecule has 0 radical (unpaired) electrons. The maximum Gasteiger partial charge on any atom is 0.417 e. The van der Waals surface area contributed by atoms with Gasteiger partial charge in [-0.2, -0.15) is 13.2 Å². The van der Waals surface area contributed by atoms with E-state index in [-0.39, 0.29) is 11.8 Å². The van der Waals surface area contributed by atoms with E-state index in [9.17, 15) is 22.8 Å². The molecule has 9 heteroatoms. The highest BCUT2D eigenvalue weighted by Crippen LogP contribution is 2.29. The van der Waals surface area contributed by atoms with Crippen LogP contribution >= 0.6 is 0 Å². The Bertz CT molecular complexity index is 1160. The van der Waals surface area contributed by atoms with Crippen molar-refractivity contribution in [3.05, 3.63) is 95.7 Å². The third-order valence-corrected chi connectivity index (χ3v) is 6.13. The smallest absolute Gasteiger partial charge is 0.355 e. The van der Waals surface area contributed by atoms with Crippen LogP contribution in [0.4, 0.5) is 19.0 Å². The third-order valence-electron chi connectivity index (χ3n) is 6.13. The van der Waals surface area contributed by atoms with Crippen LogP contribution in [0.25, 0.3) is 0 Å². The molecule has 2 heterocycles. The zero-order valence-corrected chi connectivity index (χ0v) is 19.6. The van der Waals surface area contributed by atoms with Crippen LogP contribution in [0.5, 0.6) is 0 Å². The Morgan fingerprint density at radius 1 is 0.889 bits per heavy atom. The molecule has 188 valence electrons. The average molecular weight is 497 g/mol. The topological polar surface area (TPSA) is 65.5 Å². The second-order valence-electron chi connectivity index (χ2n) is 8.65. The van der Waals surface area contributed by atoms with Gasteiger partial charge in [-0.25, -0.2) is 4.98 Å². The fraction of sp³-hybridized carbons (Fsp3) is 0.296. The van der Waals surface area contributed by atoms with Crippen LogP contribution in [0.1, 0.15) is 27.9 Å². The van der Waals surface area contributed by atoms with Crippen molar-refractivity contribution in [3.63, 3.8) is 0 Å². The van der Waals surface area contributed by atoms with Gasteiger partial charge in [-0.3, -0.25) is 9.59 Å². The van der Waals surface area contributed by atoms with E-state index in [1.54, 1.807) is 29.2 Å². The first-order valence-corrected chi connectivity index (χ1v) is 11.8. The lowest BCUT2D eigenvalue weighted by Gasteiger charge is -2.27. The second-order valence-corrected chi connectivity index (χ2v) is 8.65. The highest BCUT2D eigenvalue weighted by molar-refractivity contribution is 5.97. The number of anilines is 1. The number of pyridine rings is 1. The molecule has 0 bridgehead atoms. The number of aromatic nitrogens is 1. The van der Waals surface area contributed by atoms with Gasteiger partial charge in [0.25, 0.3) is 5.91 Å². The number of carbonyl (C=O) groups excluding carboxylic acids is 2. The summed E-state index contributed by atoms with van der Waals surface area (Å²) >= 11 is 0. The zero-order valence-electron chi connectivity index (χ0n) is 19.6. The highest BCUT2D eigenvalue weighted by Gasteiger charge is 2.31. The van der Waals surface area contributed by atoms with E-state index in [0.717, 1.165) is 17.8 Å². The van der Waals surface area contributed by atoms with Gasteiger partial charge in [-0.1, -0.05) is 48.5 Å². The number of nitrogens with zero attached hydrogens (tertiary/aromatic N) is 3. The van der Waals surface area contributed by atoms with Crippen LogP contribution in [0.15, 0.2) is 79.0 Å². The summed E-state index contributed by atoms with van der Waals surface area (Å²) in [4.78, 5) is 34.0. The lowest BCUT2D eigenvalue weighted by atomic mass is 10.0. The minimum atomic E-state index is -4.44. The minimum absolute atomic E-state index is 0.189. The second kappa shape index (κ2) is 11.2. The normalized spacial score (nSPS) is 15.2. The molecule has 3 aromatic rings. The molecule has 2 amide bonds. The van der Waals surface area contributed by atoms with Gasteiger partial charge < -0.3 is 15.1 Å². The Kier molecular flexibility index (Phi) is 7.87. The number of carbonyl (C=O) groups is 2. The van der Waals surface area contributed by atoms with Crippen molar-refractivity contribution < 1.29 is 22.8 Å². The summed E-state index contributed by atoms with van der Waals surface area (Å²) in [5, 5.41) is 2.90. The van der Waals surface area contributed by atoms with E-state index < -0.39 is 17.8 Å². The summed E-state index contributed by atoms with van der Waals surface area (Å²) in [6.07, 6.45) is -2.64. The molecular formula is C27H27F3N4O2. The molecule has 1 aliphatic rings. The summed E-state index contributed by atoms with van der Waals surface area (Å²) in [5.41, 5.74) is 0.601. The van der Waals surface area contributed by atoms with Crippen LogP contribution in [-0.2, 0) is 17.4 Å². The first kappa shape index (κ1) is 25.2.